The summed E-state index contributed by atoms with van der Waals surface area (Å²) >= 11 is 0. The molecule has 4 amide bonds. The van der Waals surface area contributed by atoms with Crippen molar-refractivity contribution in [2.24, 2.45) is 0 Å². The van der Waals surface area contributed by atoms with E-state index >= 15 is 0 Å². The van der Waals surface area contributed by atoms with E-state index in [2.05, 4.69) is 63.4 Å². The molecule has 0 unspecified atom stereocenters. The van der Waals surface area contributed by atoms with Gasteiger partial charge in [-0.15, -0.1) is 0 Å². The van der Waals surface area contributed by atoms with Gasteiger partial charge in [-0.2, -0.15) is 0 Å². The average molecular weight is 787 g/mol. The van der Waals surface area contributed by atoms with E-state index in [0.717, 1.165) is 78.5 Å². The molecule has 3 saturated heterocycles. The molecule has 0 spiro atoms. The summed E-state index contributed by atoms with van der Waals surface area (Å²) in [7, 11) is 1.61. The van der Waals surface area contributed by atoms with Gasteiger partial charge >= 0.3 is 12.1 Å². The van der Waals surface area contributed by atoms with Gasteiger partial charge in [0.1, 0.15) is 11.4 Å². The van der Waals surface area contributed by atoms with E-state index in [1.165, 1.54) is 16.2 Å². The SMILES string of the molecule is COc1ccc(CN2C(=O)CCN(c3ccc(N4CCC(N5CC(c6ccc(Nc7ncc8c(n7)CN(C(=O)OC(C)(C)C)CC8)cc6)C5)CC4)cc3C)C2=O)cc1. The second kappa shape index (κ2) is 16.3. The van der Waals surface area contributed by atoms with Crippen molar-refractivity contribution in [3.8, 4) is 5.75 Å². The number of nitrogens with one attached hydrogen (secondary N) is 1. The molecule has 8 rings (SSSR count). The number of carbonyl (C=O) groups excluding carboxylic acids is 3. The summed E-state index contributed by atoms with van der Waals surface area (Å²) in [6, 6.07) is 22.7. The molecule has 1 N–H and O–H groups in total. The lowest BCUT2D eigenvalue weighted by Gasteiger charge is -2.47. The molecule has 58 heavy (non-hydrogen) atoms. The number of aryl methyl sites for hydroxylation is 1. The number of ether oxygens (including phenoxy) is 2. The van der Waals surface area contributed by atoms with Crippen molar-refractivity contribution in [3.05, 3.63) is 101 Å². The molecule has 4 aromatic rings. The first kappa shape index (κ1) is 39.2. The molecular formula is C45H54N8O5. The summed E-state index contributed by atoms with van der Waals surface area (Å²) in [6.45, 7) is 13.4. The van der Waals surface area contributed by atoms with Crippen molar-refractivity contribution in [3.63, 3.8) is 0 Å². The lowest BCUT2D eigenvalue weighted by molar-refractivity contribution is -0.129. The molecule has 304 valence electrons. The zero-order chi connectivity index (χ0) is 40.6. The molecule has 1 aromatic heterocycles. The number of nitrogens with zero attached hydrogens (tertiary/aromatic N) is 7. The lowest BCUT2D eigenvalue weighted by Crippen LogP contribution is -2.54. The fourth-order valence-corrected chi connectivity index (χ4v) is 8.45. The maximum atomic E-state index is 13.6. The topological polar surface area (TPSA) is 124 Å². The Balaban J connectivity index is 0.803. The van der Waals surface area contributed by atoms with E-state index in [0.29, 0.717) is 50.4 Å². The molecule has 3 aromatic carbocycles. The third kappa shape index (κ3) is 8.59. The predicted molar refractivity (Wildman–Crippen MR) is 224 cm³/mol. The number of benzene rings is 3. The number of hydrogen-bond acceptors (Lipinski definition) is 10. The first-order valence-electron chi connectivity index (χ1n) is 20.4. The van der Waals surface area contributed by atoms with Gasteiger partial charge in [0.05, 0.1) is 25.9 Å². The van der Waals surface area contributed by atoms with Crippen LogP contribution in [0.25, 0.3) is 0 Å². The predicted octanol–water partition coefficient (Wildman–Crippen LogP) is 7.26. The summed E-state index contributed by atoms with van der Waals surface area (Å²) in [5.74, 6) is 1.62. The highest BCUT2D eigenvalue weighted by Gasteiger charge is 2.36. The van der Waals surface area contributed by atoms with Gasteiger partial charge in [0.2, 0.25) is 11.9 Å². The standard InChI is InChI=1S/C45H54N8O5/c1-30-24-37(12-15-40(30)52-23-19-41(54)53(43(52)55)26-31-6-13-38(57-5)14-7-31)49-21-17-36(18-22-49)51-27-34(28-51)32-8-10-35(11-9-32)47-42-46-25-33-16-20-50(29-39(33)48-42)44(56)58-45(2,3)4/h6-15,24-25,34,36H,16-23,26-29H2,1-5H3,(H,46,47,48). The van der Waals surface area contributed by atoms with Crippen LogP contribution in [0.5, 0.6) is 5.75 Å². The number of fused-ring (bicyclic) bond motifs is 1. The summed E-state index contributed by atoms with van der Waals surface area (Å²) in [6.07, 6.45) is 4.76. The molecule has 4 aliphatic heterocycles. The Morgan fingerprint density at radius 2 is 1.66 bits per heavy atom. The number of methoxy groups -OCH3 is 1. The smallest absolute Gasteiger partial charge is 0.410 e. The first-order chi connectivity index (χ1) is 27.9. The van der Waals surface area contributed by atoms with Gasteiger partial charge in [0, 0.05) is 80.9 Å². The van der Waals surface area contributed by atoms with Gasteiger partial charge < -0.3 is 24.6 Å². The third-order valence-electron chi connectivity index (χ3n) is 11.8. The Labute approximate surface area is 340 Å². The Bertz CT molecular complexity index is 2140. The van der Waals surface area contributed by atoms with Crippen molar-refractivity contribution in [1.29, 1.82) is 0 Å². The quantitative estimate of drug-likeness (QED) is 0.186. The monoisotopic (exact) mass is 786 g/mol. The van der Waals surface area contributed by atoms with Gasteiger partial charge in [-0.25, -0.2) is 19.6 Å². The van der Waals surface area contributed by atoms with E-state index in [4.69, 9.17) is 14.5 Å². The minimum Gasteiger partial charge on any atom is -0.497 e. The van der Waals surface area contributed by atoms with Crippen molar-refractivity contribution in [2.75, 3.05) is 61.5 Å². The molecule has 5 heterocycles. The fraction of sp³-hybridized carbons (Fsp3) is 0.444. The van der Waals surface area contributed by atoms with Gasteiger partial charge in [-0.05, 0) is 112 Å². The number of aromatic nitrogens is 2. The van der Waals surface area contributed by atoms with E-state index < -0.39 is 5.60 Å². The number of hydrogen-bond donors (Lipinski definition) is 1. The van der Waals surface area contributed by atoms with Crippen LogP contribution in [0, 0.1) is 6.92 Å². The van der Waals surface area contributed by atoms with Crippen LogP contribution < -0.4 is 19.9 Å². The number of anilines is 4. The average Bonchev–Trinajstić information content (AvgIpc) is 3.19. The van der Waals surface area contributed by atoms with E-state index in [1.54, 1.807) is 16.9 Å². The van der Waals surface area contributed by atoms with Gasteiger partial charge in [0.15, 0.2) is 0 Å². The number of urea groups is 1. The van der Waals surface area contributed by atoms with Crippen LogP contribution in [0.1, 0.15) is 73.9 Å². The van der Waals surface area contributed by atoms with Crippen LogP contribution in [0.4, 0.5) is 32.6 Å². The number of likely N-dealkylation sites (tertiary alicyclic amines) is 1. The van der Waals surface area contributed by atoms with Crippen molar-refractivity contribution >= 4 is 41.0 Å². The largest absolute Gasteiger partial charge is 0.497 e. The van der Waals surface area contributed by atoms with E-state index in [-0.39, 0.29) is 24.6 Å². The fourth-order valence-electron chi connectivity index (χ4n) is 8.45. The van der Waals surface area contributed by atoms with Crippen molar-refractivity contribution < 1.29 is 23.9 Å². The molecular weight excluding hydrogens is 733 g/mol. The number of imide groups is 1. The first-order valence-corrected chi connectivity index (χ1v) is 20.4. The molecule has 0 atom stereocenters. The van der Waals surface area contributed by atoms with E-state index in [1.807, 2.05) is 57.3 Å². The summed E-state index contributed by atoms with van der Waals surface area (Å²) in [4.78, 5) is 58.2. The highest BCUT2D eigenvalue weighted by Crippen LogP contribution is 2.35. The minimum absolute atomic E-state index is 0.150. The maximum absolute atomic E-state index is 13.6. The van der Waals surface area contributed by atoms with Gasteiger partial charge in [0.25, 0.3) is 0 Å². The molecule has 13 heteroatoms. The Kier molecular flexibility index (Phi) is 11.0. The zero-order valence-corrected chi connectivity index (χ0v) is 34.2. The van der Waals surface area contributed by atoms with Crippen LogP contribution in [-0.2, 0) is 29.0 Å². The van der Waals surface area contributed by atoms with Crippen LogP contribution >= 0.6 is 0 Å². The second-order valence-corrected chi connectivity index (χ2v) is 16.9. The van der Waals surface area contributed by atoms with Crippen LogP contribution in [-0.4, -0.2) is 101 Å². The summed E-state index contributed by atoms with van der Waals surface area (Å²) in [5.41, 5.74) is 7.58. The molecule has 13 nitrogen and oxygen atoms in total. The molecule has 0 aliphatic carbocycles. The Morgan fingerprint density at radius 1 is 0.914 bits per heavy atom. The highest BCUT2D eigenvalue weighted by atomic mass is 16.6. The van der Waals surface area contributed by atoms with E-state index in [9.17, 15) is 14.4 Å². The lowest BCUT2D eigenvalue weighted by atomic mass is 9.88. The number of carbonyl (C=O) groups is 3. The van der Waals surface area contributed by atoms with Crippen LogP contribution in [0.2, 0.25) is 0 Å². The minimum atomic E-state index is -0.540. The number of amides is 4. The van der Waals surface area contributed by atoms with Crippen molar-refractivity contribution in [2.45, 2.75) is 84.0 Å². The summed E-state index contributed by atoms with van der Waals surface area (Å²) < 4.78 is 10.8. The second-order valence-electron chi connectivity index (χ2n) is 16.9. The van der Waals surface area contributed by atoms with Crippen LogP contribution in [0.15, 0.2) is 72.9 Å². The molecule has 0 saturated carbocycles. The van der Waals surface area contributed by atoms with Crippen LogP contribution in [0.3, 0.4) is 0 Å². The maximum Gasteiger partial charge on any atom is 0.410 e. The van der Waals surface area contributed by atoms with Gasteiger partial charge in [-0.3, -0.25) is 19.5 Å². The highest BCUT2D eigenvalue weighted by molar-refractivity contribution is 6.06. The molecule has 0 radical (unpaired) electrons. The summed E-state index contributed by atoms with van der Waals surface area (Å²) in [5, 5.41) is 3.35. The zero-order valence-electron chi connectivity index (χ0n) is 34.2. The third-order valence-corrected chi connectivity index (χ3v) is 11.8. The Morgan fingerprint density at radius 3 is 2.34 bits per heavy atom. The Hall–Kier alpha value is -5.69. The molecule has 0 bridgehead atoms. The van der Waals surface area contributed by atoms with Gasteiger partial charge in [-0.1, -0.05) is 24.3 Å². The number of piperidine rings is 1. The normalized spacial score (nSPS) is 18.2. The molecule has 4 aliphatic rings. The molecule has 3 fully saturated rings. The van der Waals surface area contributed by atoms with Crippen molar-refractivity contribution in [1.82, 2.24) is 24.7 Å². The number of rotatable bonds is 9.